The molecule has 1 unspecified atom stereocenters. The highest BCUT2D eigenvalue weighted by molar-refractivity contribution is 9.10. The summed E-state index contributed by atoms with van der Waals surface area (Å²) in [5, 5.41) is 3.98. The van der Waals surface area contributed by atoms with Crippen molar-refractivity contribution in [1.29, 1.82) is 0 Å². The zero-order chi connectivity index (χ0) is 20.6. The second-order valence-corrected chi connectivity index (χ2v) is 7.75. The molecule has 3 aromatic rings. The maximum atomic E-state index is 12.9. The zero-order valence-electron chi connectivity index (χ0n) is 15.0. The van der Waals surface area contributed by atoms with Crippen molar-refractivity contribution in [1.82, 2.24) is 15.0 Å². The number of alkyl halides is 3. The van der Waals surface area contributed by atoms with E-state index in [2.05, 4.69) is 26.1 Å². The van der Waals surface area contributed by atoms with Crippen LogP contribution in [0.2, 0.25) is 0 Å². The average Bonchev–Trinajstić information content (AvgIpc) is 3.29. The van der Waals surface area contributed by atoms with Crippen LogP contribution in [-0.2, 0) is 17.5 Å². The molecule has 0 spiro atoms. The minimum absolute atomic E-state index is 0.104. The van der Waals surface area contributed by atoms with Crippen LogP contribution in [0.1, 0.15) is 29.4 Å². The molecule has 1 aliphatic rings. The number of hydrogen-bond donors (Lipinski definition) is 0. The SMILES string of the molecule is O=C1CC(c2nc(-c3ccc(Br)cc3)no2)CN1Cc1cccc(C(F)(F)F)c1. The van der Waals surface area contributed by atoms with Gasteiger partial charge in [0.2, 0.25) is 17.6 Å². The molecule has 150 valence electrons. The van der Waals surface area contributed by atoms with Crippen molar-refractivity contribution >= 4 is 21.8 Å². The highest BCUT2D eigenvalue weighted by Gasteiger charge is 2.35. The number of aromatic nitrogens is 2. The number of carbonyl (C=O) groups excluding carboxylic acids is 1. The Morgan fingerprint density at radius 3 is 2.66 bits per heavy atom. The Bertz CT molecular complexity index is 1030. The number of benzene rings is 2. The molecule has 29 heavy (non-hydrogen) atoms. The first kappa shape index (κ1) is 19.6. The molecule has 0 bridgehead atoms. The van der Waals surface area contributed by atoms with E-state index in [1.807, 2.05) is 24.3 Å². The minimum Gasteiger partial charge on any atom is -0.339 e. The summed E-state index contributed by atoms with van der Waals surface area (Å²) in [6.45, 7) is 0.421. The molecule has 2 heterocycles. The lowest BCUT2D eigenvalue weighted by molar-refractivity contribution is -0.137. The fraction of sp³-hybridized carbons (Fsp3) is 0.250. The summed E-state index contributed by atoms with van der Waals surface area (Å²) in [7, 11) is 0. The van der Waals surface area contributed by atoms with Crippen LogP contribution >= 0.6 is 15.9 Å². The van der Waals surface area contributed by atoms with E-state index >= 15 is 0 Å². The molecule has 0 saturated carbocycles. The summed E-state index contributed by atoms with van der Waals surface area (Å²) in [4.78, 5) is 18.3. The average molecular weight is 466 g/mol. The van der Waals surface area contributed by atoms with E-state index in [4.69, 9.17) is 4.52 Å². The Balaban J connectivity index is 1.47. The third-order valence-electron chi connectivity index (χ3n) is 4.74. The van der Waals surface area contributed by atoms with Gasteiger partial charge in [-0.05, 0) is 42.0 Å². The van der Waals surface area contributed by atoms with Crippen LogP contribution in [0.4, 0.5) is 13.2 Å². The van der Waals surface area contributed by atoms with Crippen LogP contribution in [0, 0.1) is 0 Å². The number of carbonyl (C=O) groups is 1. The first-order chi connectivity index (χ1) is 13.8. The maximum Gasteiger partial charge on any atom is 0.416 e. The van der Waals surface area contributed by atoms with Crippen LogP contribution < -0.4 is 0 Å². The summed E-state index contributed by atoms with van der Waals surface area (Å²) < 4.78 is 45.0. The zero-order valence-corrected chi connectivity index (χ0v) is 16.6. The Kier molecular flexibility index (Phi) is 5.16. The number of likely N-dealkylation sites (tertiary alicyclic amines) is 1. The fourth-order valence-corrected chi connectivity index (χ4v) is 3.54. The number of amides is 1. The van der Waals surface area contributed by atoms with E-state index in [1.165, 1.54) is 11.0 Å². The Hall–Kier alpha value is -2.68. The molecular weight excluding hydrogens is 451 g/mol. The number of hydrogen-bond acceptors (Lipinski definition) is 4. The quantitative estimate of drug-likeness (QED) is 0.541. The van der Waals surface area contributed by atoms with Crippen LogP contribution in [0.5, 0.6) is 0 Å². The minimum atomic E-state index is -4.42. The third kappa shape index (κ3) is 4.34. The van der Waals surface area contributed by atoms with Gasteiger partial charge in [0.25, 0.3) is 0 Å². The number of rotatable bonds is 4. The summed E-state index contributed by atoms with van der Waals surface area (Å²) in [6, 6.07) is 12.4. The van der Waals surface area contributed by atoms with Crippen molar-refractivity contribution in [3.05, 3.63) is 70.0 Å². The Morgan fingerprint density at radius 1 is 1.17 bits per heavy atom. The monoisotopic (exact) mass is 465 g/mol. The van der Waals surface area contributed by atoms with Crippen molar-refractivity contribution in [3.8, 4) is 11.4 Å². The smallest absolute Gasteiger partial charge is 0.339 e. The molecule has 0 aliphatic carbocycles. The van der Waals surface area contributed by atoms with Gasteiger partial charge in [0.1, 0.15) is 0 Å². The highest BCUT2D eigenvalue weighted by atomic mass is 79.9. The molecule has 1 aliphatic heterocycles. The van der Waals surface area contributed by atoms with Gasteiger partial charge in [-0.25, -0.2) is 0 Å². The van der Waals surface area contributed by atoms with Crippen LogP contribution in [0.25, 0.3) is 11.4 Å². The normalized spacial score (nSPS) is 17.2. The van der Waals surface area contributed by atoms with Gasteiger partial charge < -0.3 is 9.42 Å². The number of nitrogens with zero attached hydrogens (tertiary/aromatic N) is 3. The summed E-state index contributed by atoms with van der Waals surface area (Å²) in [5.74, 6) is 0.333. The van der Waals surface area contributed by atoms with Gasteiger partial charge in [0.15, 0.2) is 0 Å². The van der Waals surface area contributed by atoms with Crippen molar-refractivity contribution < 1.29 is 22.5 Å². The fourth-order valence-electron chi connectivity index (χ4n) is 3.27. The van der Waals surface area contributed by atoms with E-state index in [0.29, 0.717) is 23.8 Å². The molecule has 5 nitrogen and oxygen atoms in total. The maximum absolute atomic E-state index is 12.9. The molecule has 0 radical (unpaired) electrons. The topological polar surface area (TPSA) is 59.2 Å². The van der Waals surface area contributed by atoms with E-state index in [1.54, 1.807) is 6.07 Å². The van der Waals surface area contributed by atoms with Gasteiger partial charge in [-0.1, -0.05) is 33.2 Å². The lowest BCUT2D eigenvalue weighted by Gasteiger charge is -2.17. The molecule has 0 N–H and O–H groups in total. The molecule has 1 aromatic heterocycles. The van der Waals surface area contributed by atoms with Gasteiger partial charge in [0, 0.05) is 29.5 Å². The second kappa shape index (κ2) is 7.62. The standard InChI is InChI=1S/C20H15BrF3N3O2/c21-16-6-4-13(5-7-16)18-25-19(29-26-18)14-9-17(28)27(11-14)10-12-2-1-3-15(8-12)20(22,23)24/h1-8,14H,9-11H2. The lowest BCUT2D eigenvalue weighted by Crippen LogP contribution is -2.24. The van der Waals surface area contributed by atoms with Crippen LogP contribution in [0.3, 0.4) is 0 Å². The van der Waals surface area contributed by atoms with E-state index in [9.17, 15) is 18.0 Å². The Morgan fingerprint density at radius 2 is 1.93 bits per heavy atom. The molecule has 1 saturated heterocycles. The largest absolute Gasteiger partial charge is 0.416 e. The molecule has 1 amide bonds. The Labute approximate surface area is 172 Å². The molecular formula is C20H15BrF3N3O2. The van der Waals surface area contributed by atoms with Gasteiger partial charge in [-0.3, -0.25) is 4.79 Å². The van der Waals surface area contributed by atoms with Crippen molar-refractivity contribution in [2.24, 2.45) is 0 Å². The van der Waals surface area contributed by atoms with E-state index < -0.39 is 11.7 Å². The first-order valence-electron chi connectivity index (χ1n) is 8.83. The van der Waals surface area contributed by atoms with E-state index in [-0.39, 0.29) is 24.8 Å². The summed E-state index contributed by atoms with van der Waals surface area (Å²) in [6.07, 6.45) is -4.23. The van der Waals surface area contributed by atoms with Crippen LogP contribution in [0.15, 0.2) is 57.5 Å². The predicted octanol–water partition coefficient (Wildman–Crippen LogP) is 5.03. The summed E-state index contributed by atoms with van der Waals surface area (Å²) in [5.41, 5.74) is 0.484. The molecule has 1 atom stereocenters. The van der Waals surface area contributed by atoms with Gasteiger partial charge in [0.05, 0.1) is 11.5 Å². The number of halogens is 4. The third-order valence-corrected chi connectivity index (χ3v) is 5.26. The van der Waals surface area contributed by atoms with E-state index in [0.717, 1.165) is 22.2 Å². The van der Waals surface area contributed by atoms with Gasteiger partial charge >= 0.3 is 6.18 Å². The molecule has 1 fully saturated rings. The highest BCUT2D eigenvalue weighted by Crippen LogP contribution is 2.32. The predicted molar refractivity (Wildman–Crippen MR) is 102 cm³/mol. The molecule has 2 aromatic carbocycles. The lowest BCUT2D eigenvalue weighted by atomic mass is 10.1. The molecule has 4 rings (SSSR count). The van der Waals surface area contributed by atoms with Crippen molar-refractivity contribution in [2.45, 2.75) is 25.1 Å². The van der Waals surface area contributed by atoms with Crippen molar-refractivity contribution in [3.63, 3.8) is 0 Å². The summed E-state index contributed by atoms with van der Waals surface area (Å²) >= 11 is 3.36. The van der Waals surface area contributed by atoms with Gasteiger partial charge in [-0.15, -0.1) is 0 Å². The molecule has 9 heteroatoms. The second-order valence-electron chi connectivity index (χ2n) is 6.84. The van der Waals surface area contributed by atoms with Crippen molar-refractivity contribution in [2.75, 3.05) is 6.54 Å². The van der Waals surface area contributed by atoms with Gasteiger partial charge in [-0.2, -0.15) is 18.2 Å². The van der Waals surface area contributed by atoms with Crippen LogP contribution in [-0.4, -0.2) is 27.5 Å². The first-order valence-corrected chi connectivity index (χ1v) is 9.62.